The van der Waals surface area contributed by atoms with Gasteiger partial charge in [0.05, 0.1) is 5.02 Å². The Balaban J connectivity index is 2.57. The number of halogens is 2. The predicted octanol–water partition coefficient (Wildman–Crippen LogP) is 2.78. The molecule has 1 aliphatic carbocycles. The van der Waals surface area contributed by atoms with Crippen molar-refractivity contribution in [2.75, 3.05) is 6.54 Å². The Morgan fingerprint density at radius 2 is 2.14 bits per heavy atom. The zero-order chi connectivity index (χ0) is 10.3. The van der Waals surface area contributed by atoms with Gasteiger partial charge in [0.2, 0.25) is 0 Å². The Hall–Kier alpha value is -0.600. The number of hydrogen-bond acceptors (Lipinski definition) is 1. The third kappa shape index (κ3) is 1.33. The summed E-state index contributed by atoms with van der Waals surface area (Å²) in [6.45, 7) is 2.51. The fourth-order valence-corrected chi connectivity index (χ4v) is 2.42. The number of hydrogen-bond donors (Lipinski definition) is 1. The van der Waals surface area contributed by atoms with Gasteiger partial charge in [-0.15, -0.1) is 0 Å². The normalized spacial score (nSPS) is 18.3. The first-order valence-electron chi connectivity index (χ1n) is 4.76. The molecule has 0 heterocycles. The van der Waals surface area contributed by atoms with Gasteiger partial charge in [-0.05, 0) is 37.0 Å². The van der Waals surface area contributed by atoms with E-state index < -0.39 is 0 Å². The largest absolute Gasteiger partial charge is 0.330 e. The Morgan fingerprint density at radius 3 is 2.64 bits per heavy atom. The molecule has 0 bridgehead atoms. The second kappa shape index (κ2) is 3.21. The molecule has 2 N–H and O–H groups in total. The molecular weight excluding hydrogens is 201 g/mol. The van der Waals surface area contributed by atoms with Crippen LogP contribution in [0.3, 0.4) is 0 Å². The summed E-state index contributed by atoms with van der Waals surface area (Å²) in [6.07, 6.45) is 2.04. The van der Waals surface area contributed by atoms with E-state index in [1.165, 1.54) is 6.07 Å². The van der Waals surface area contributed by atoms with E-state index in [1.54, 1.807) is 6.07 Å². The maximum absolute atomic E-state index is 13.3. The van der Waals surface area contributed by atoms with Crippen LogP contribution in [0.1, 0.15) is 24.0 Å². The number of aryl methyl sites for hydroxylation is 1. The molecule has 0 aromatic heterocycles. The molecule has 1 nitrogen and oxygen atoms in total. The lowest BCUT2D eigenvalue weighted by molar-refractivity contribution is 0.615. The smallest absolute Gasteiger partial charge is 0.142 e. The molecule has 14 heavy (non-hydrogen) atoms. The molecule has 1 aliphatic rings. The summed E-state index contributed by atoms with van der Waals surface area (Å²) in [5.74, 6) is -0.341. The van der Waals surface area contributed by atoms with Crippen LogP contribution in [-0.4, -0.2) is 6.54 Å². The summed E-state index contributed by atoms with van der Waals surface area (Å²) in [5.41, 5.74) is 7.63. The van der Waals surface area contributed by atoms with E-state index in [1.807, 2.05) is 6.92 Å². The van der Waals surface area contributed by atoms with Gasteiger partial charge >= 0.3 is 0 Å². The van der Waals surface area contributed by atoms with Crippen LogP contribution in [0.15, 0.2) is 12.1 Å². The molecule has 0 spiro atoms. The summed E-state index contributed by atoms with van der Waals surface area (Å²) in [5, 5.41) is 0.257. The van der Waals surface area contributed by atoms with Crippen LogP contribution in [0.5, 0.6) is 0 Å². The molecule has 0 amide bonds. The van der Waals surface area contributed by atoms with Crippen LogP contribution < -0.4 is 5.73 Å². The van der Waals surface area contributed by atoms with Crippen molar-refractivity contribution in [3.05, 3.63) is 34.1 Å². The highest BCUT2D eigenvalue weighted by atomic mass is 35.5. The monoisotopic (exact) mass is 213 g/mol. The van der Waals surface area contributed by atoms with E-state index >= 15 is 0 Å². The van der Waals surface area contributed by atoms with Gasteiger partial charge in [0.15, 0.2) is 0 Å². The second-order valence-corrected chi connectivity index (χ2v) is 4.42. The zero-order valence-corrected chi connectivity index (χ0v) is 8.87. The molecule has 2 rings (SSSR count). The highest BCUT2D eigenvalue weighted by Crippen LogP contribution is 2.51. The van der Waals surface area contributed by atoms with Crippen molar-refractivity contribution in [3.8, 4) is 0 Å². The second-order valence-electron chi connectivity index (χ2n) is 4.04. The van der Waals surface area contributed by atoms with E-state index in [4.69, 9.17) is 17.3 Å². The minimum absolute atomic E-state index is 0.0384. The minimum atomic E-state index is -0.341. The summed E-state index contributed by atoms with van der Waals surface area (Å²) < 4.78 is 13.3. The quantitative estimate of drug-likeness (QED) is 0.804. The average molecular weight is 214 g/mol. The van der Waals surface area contributed by atoms with Crippen molar-refractivity contribution in [1.29, 1.82) is 0 Å². The predicted molar refractivity (Wildman–Crippen MR) is 56.1 cm³/mol. The van der Waals surface area contributed by atoms with Gasteiger partial charge in [0.25, 0.3) is 0 Å². The summed E-state index contributed by atoms with van der Waals surface area (Å²) in [7, 11) is 0. The molecular formula is C11H13ClFN. The molecule has 0 unspecified atom stereocenters. The third-order valence-corrected chi connectivity index (χ3v) is 3.45. The van der Waals surface area contributed by atoms with Gasteiger partial charge in [0.1, 0.15) is 5.82 Å². The van der Waals surface area contributed by atoms with Crippen molar-refractivity contribution in [3.63, 3.8) is 0 Å². The summed E-state index contributed by atoms with van der Waals surface area (Å²) in [4.78, 5) is 0. The SMILES string of the molecule is Cc1ccc(F)c(Cl)c1C1(CN)CC1. The van der Waals surface area contributed by atoms with Crippen molar-refractivity contribution in [1.82, 2.24) is 0 Å². The Labute approximate surface area is 88.1 Å². The molecule has 1 fully saturated rings. The van der Waals surface area contributed by atoms with Crippen LogP contribution in [0.25, 0.3) is 0 Å². The van der Waals surface area contributed by atoms with Crippen molar-refractivity contribution in [2.45, 2.75) is 25.2 Å². The molecule has 0 atom stereocenters. The molecule has 0 saturated heterocycles. The standard InChI is InChI=1S/C11H13ClFN/c1-7-2-3-8(13)10(12)9(7)11(6-14)4-5-11/h2-3H,4-6,14H2,1H3. The van der Waals surface area contributed by atoms with E-state index in [0.29, 0.717) is 6.54 Å². The lowest BCUT2D eigenvalue weighted by Gasteiger charge is -2.17. The van der Waals surface area contributed by atoms with Gasteiger partial charge in [0, 0.05) is 12.0 Å². The van der Waals surface area contributed by atoms with E-state index in [9.17, 15) is 4.39 Å². The first-order chi connectivity index (χ1) is 6.60. The first kappa shape index (κ1) is 9.94. The lowest BCUT2D eigenvalue weighted by Crippen LogP contribution is -2.21. The number of nitrogens with two attached hydrogens (primary N) is 1. The van der Waals surface area contributed by atoms with Crippen LogP contribution in [0.4, 0.5) is 4.39 Å². The summed E-state index contributed by atoms with van der Waals surface area (Å²) >= 11 is 5.97. The maximum Gasteiger partial charge on any atom is 0.142 e. The van der Waals surface area contributed by atoms with Crippen LogP contribution in [0.2, 0.25) is 5.02 Å². The van der Waals surface area contributed by atoms with E-state index in [-0.39, 0.29) is 16.3 Å². The maximum atomic E-state index is 13.3. The molecule has 3 heteroatoms. The molecule has 0 aliphatic heterocycles. The minimum Gasteiger partial charge on any atom is -0.330 e. The third-order valence-electron chi connectivity index (χ3n) is 3.08. The van der Waals surface area contributed by atoms with Gasteiger partial charge < -0.3 is 5.73 Å². The topological polar surface area (TPSA) is 26.0 Å². The highest BCUT2D eigenvalue weighted by Gasteiger charge is 2.45. The average Bonchev–Trinajstić information content (AvgIpc) is 2.93. The van der Waals surface area contributed by atoms with Crippen molar-refractivity contribution >= 4 is 11.6 Å². The summed E-state index contributed by atoms with van der Waals surface area (Å²) in [6, 6.07) is 3.18. The number of rotatable bonds is 2. The fourth-order valence-electron chi connectivity index (χ4n) is 2.01. The molecule has 1 aromatic rings. The number of benzene rings is 1. The van der Waals surface area contributed by atoms with Crippen LogP contribution in [0, 0.1) is 12.7 Å². The molecule has 1 aromatic carbocycles. The zero-order valence-electron chi connectivity index (χ0n) is 8.11. The van der Waals surface area contributed by atoms with Gasteiger partial charge in [-0.1, -0.05) is 17.7 Å². The molecule has 1 saturated carbocycles. The van der Waals surface area contributed by atoms with Gasteiger partial charge in [-0.25, -0.2) is 4.39 Å². The van der Waals surface area contributed by atoms with E-state index in [0.717, 1.165) is 24.0 Å². The fraction of sp³-hybridized carbons (Fsp3) is 0.455. The first-order valence-corrected chi connectivity index (χ1v) is 5.14. The van der Waals surface area contributed by atoms with Gasteiger partial charge in [-0.2, -0.15) is 0 Å². The lowest BCUT2D eigenvalue weighted by atomic mass is 9.92. The Morgan fingerprint density at radius 1 is 1.50 bits per heavy atom. The molecule has 0 radical (unpaired) electrons. The van der Waals surface area contributed by atoms with Crippen molar-refractivity contribution < 1.29 is 4.39 Å². The molecule has 76 valence electrons. The van der Waals surface area contributed by atoms with E-state index in [2.05, 4.69) is 0 Å². The van der Waals surface area contributed by atoms with Crippen LogP contribution >= 0.6 is 11.6 Å². The highest BCUT2D eigenvalue weighted by molar-refractivity contribution is 6.31. The van der Waals surface area contributed by atoms with Gasteiger partial charge in [-0.3, -0.25) is 0 Å². The van der Waals surface area contributed by atoms with Crippen molar-refractivity contribution in [2.24, 2.45) is 5.73 Å². The Bertz CT molecular complexity index is 372. The van der Waals surface area contributed by atoms with Crippen LogP contribution in [-0.2, 0) is 5.41 Å². The Kier molecular flexibility index (Phi) is 2.28.